The summed E-state index contributed by atoms with van der Waals surface area (Å²) in [5, 5.41) is 5.44. The highest BCUT2D eigenvalue weighted by Crippen LogP contribution is 2.37. The average Bonchev–Trinajstić information content (AvgIpc) is 2.94. The molecule has 0 amide bonds. The van der Waals surface area contributed by atoms with Crippen molar-refractivity contribution in [2.45, 2.75) is 33.3 Å². The predicted octanol–water partition coefficient (Wildman–Crippen LogP) is 4.35. The Hall–Kier alpha value is -2.24. The number of benzene rings is 1. The molecule has 0 atom stereocenters. The number of ketones is 1. The van der Waals surface area contributed by atoms with Crippen LogP contribution in [0.1, 0.15) is 42.0 Å². The Bertz CT molecular complexity index is 1010. The van der Waals surface area contributed by atoms with E-state index >= 15 is 0 Å². The highest BCUT2D eigenvalue weighted by molar-refractivity contribution is 6.30. The quantitative estimate of drug-likeness (QED) is 0.688. The normalized spacial score (nSPS) is 16.1. The monoisotopic (exact) mass is 369 g/mol. The summed E-state index contributed by atoms with van der Waals surface area (Å²) in [7, 11) is 1.64. The fourth-order valence-corrected chi connectivity index (χ4v) is 3.80. The number of methoxy groups -OCH3 is 1. The zero-order valence-corrected chi connectivity index (χ0v) is 15.8. The largest absolute Gasteiger partial charge is 0.378 e. The van der Waals surface area contributed by atoms with Gasteiger partial charge >= 0.3 is 0 Å². The number of ether oxygens (including phenoxy) is 1. The number of Topliss-reactive ketones (excluding diaryl/α,β-unsaturated/α-hetero) is 1. The van der Waals surface area contributed by atoms with Crippen molar-refractivity contribution in [1.82, 2.24) is 14.6 Å². The maximum Gasteiger partial charge on any atom is 0.166 e. The summed E-state index contributed by atoms with van der Waals surface area (Å²) < 4.78 is 7.18. The summed E-state index contributed by atoms with van der Waals surface area (Å²) in [4.78, 5) is 17.1. The highest BCUT2D eigenvalue weighted by Gasteiger charge is 2.34. The molecule has 0 saturated heterocycles. The van der Waals surface area contributed by atoms with Crippen molar-refractivity contribution in [3.05, 3.63) is 52.4 Å². The predicted molar refractivity (Wildman–Crippen MR) is 101 cm³/mol. The number of rotatable bonds is 3. The zero-order chi connectivity index (χ0) is 18.5. The van der Waals surface area contributed by atoms with Gasteiger partial charge in [0.1, 0.15) is 0 Å². The van der Waals surface area contributed by atoms with Gasteiger partial charge in [0, 0.05) is 24.8 Å². The molecule has 134 valence electrons. The number of carbonyl (C=O) groups excluding carboxylic acids is 1. The van der Waals surface area contributed by atoms with Gasteiger partial charge in [-0.25, -0.2) is 9.50 Å². The van der Waals surface area contributed by atoms with Crippen molar-refractivity contribution >= 4 is 23.0 Å². The molecule has 0 fully saturated rings. The van der Waals surface area contributed by atoms with E-state index < -0.39 is 0 Å². The third-order valence-electron chi connectivity index (χ3n) is 4.82. The van der Waals surface area contributed by atoms with Crippen molar-refractivity contribution in [2.24, 2.45) is 5.41 Å². The number of aromatic nitrogens is 3. The number of fused-ring (bicyclic) bond motifs is 3. The van der Waals surface area contributed by atoms with Gasteiger partial charge in [0.25, 0.3) is 0 Å². The molecule has 3 aromatic rings. The summed E-state index contributed by atoms with van der Waals surface area (Å²) in [6, 6.07) is 7.60. The first-order valence-corrected chi connectivity index (χ1v) is 8.95. The molecule has 1 aliphatic rings. The Morgan fingerprint density at radius 1 is 1.23 bits per heavy atom. The van der Waals surface area contributed by atoms with Crippen molar-refractivity contribution in [1.29, 1.82) is 0 Å². The standard InChI is InChI=1S/C20H20ClN3O2/c1-20(2)8-16-14(17(25)9-20)10-22-19-18(12-4-6-13(21)7-5-12)15(11-26-3)23-24(16)19/h4-7,10H,8-9,11H2,1-3H3. The molecule has 0 aliphatic heterocycles. The molecule has 0 bridgehead atoms. The van der Waals surface area contributed by atoms with Gasteiger partial charge in [-0.2, -0.15) is 5.10 Å². The maximum absolute atomic E-state index is 12.5. The second kappa shape index (κ2) is 6.18. The van der Waals surface area contributed by atoms with E-state index in [-0.39, 0.29) is 11.2 Å². The Labute approximate surface area is 157 Å². The summed E-state index contributed by atoms with van der Waals surface area (Å²) >= 11 is 6.04. The van der Waals surface area contributed by atoms with Gasteiger partial charge in [0.15, 0.2) is 11.4 Å². The molecular weight excluding hydrogens is 350 g/mol. The van der Waals surface area contributed by atoms with Gasteiger partial charge < -0.3 is 4.74 Å². The van der Waals surface area contributed by atoms with Gasteiger partial charge in [-0.15, -0.1) is 0 Å². The number of hydrogen-bond donors (Lipinski definition) is 0. The molecular formula is C20H20ClN3O2. The van der Waals surface area contributed by atoms with E-state index in [1.165, 1.54) is 0 Å². The van der Waals surface area contributed by atoms with Gasteiger partial charge in [-0.05, 0) is 29.5 Å². The highest BCUT2D eigenvalue weighted by atomic mass is 35.5. The molecule has 6 heteroatoms. The Balaban J connectivity index is 1.99. The SMILES string of the molecule is COCc1nn2c3c(cnc2c1-c1ccc(Cl)cc1)C(=O)CC(C)(C)C3. The van der Waals surface area contributed by atoms with E-state index in [9.17, 15) is 4.79 Å². The molecule has 0 unspecified atom stereocenters. The van der Waals surface area contributed by atoms with Crippen molar-refractivity contribution in [2.75, 3.05) is 7.11 Å². The van der Waals surface area contributed by atoms with Crippen LogP contribution in [0.2, 0.25) is 5.02 Å². The van der Waals surface area contributed by atoms with Crippen molar-refractivity contribution in [3.63, 3.8) is 0 Å². The molecule has 2 aromatic heterocycles. The number of nitrogens with zero attached hydrogens (tertiary/aromatic N) is 3. The smallest absolute Gasteiger partial charge is 0.166 e. The molecule has 4 rings (SSSR count). The van der Waals surface area contributed by atoms with Crippen LogP contribution in [-0.2, 0) is 17.8 Å². The van der Waals surface area contributed by atoms with Crippen molar-refractivity contribution in [3.8, 4) is 11.1 Å². The van der Waals surface area contributed by atoms with Crippen LogP contribution >= 0.6 is 11.6 Å². The molecule has 1 aliphatic carbocycles. The average molecular weight is 370 g/mol. The van der Waals surface area contributed by atoms with Crippen LogP contribution in [0.5, 0.6) is 0 Å². The lowest BCUT2D eigenvalue weighted by atomic mass is 9.76. The van der Waals surface area contributed by atoms with Gasteiger partial charge in [0.05, 0.1) is 29.1 Å². The summed E-state index contributed by atoms with van der Waals surface area (Å²) in [5.41, 5.74) is 4.94. The zero-order valence-electron chi connectivity index (χ0n) is 15.0. The van der Waals surface area contributed by atoms with Crippen LogP contribution < -0.4 is 0 Å². The lowest BCUT2D eigenvalue weighted by Crippen LogP contribution is -2.29. The maximum atomic E-state index is 12.5. The number of carbonyl (C=O) groups is 1. The summed E-state index contributed by atoms with van der Waals surface area (Å²) in [6.07, 6.45) is 3.00. The second-order valence-electron chi connectivity index (χ2n) is 7.56. The molecule has 0 saturated carbocycles. The van der Waals surface area contributed by atoms with Crippen LogP contribution in [0, 0.1) is 5.41 Å². The Morgan fingerprint density at radius 2 is 1.96 bits per heavy atom. The number of hydrogen-bond acceptors (Lipinski definition) is 4. The summed E-state index contributed by atoms with van der Waals surface area (Å²) in [5.74, 6) is 0.127. The minimum atomic E-state index is -0.0911. The molecule has 26 heavy (non-hydrogen) atoms. The molecule has 1 aromatic carbocycles. The first-order valence-electron chi connectivity index (χ1n) is 8.57. The molecule has 5 nitrogen and oxygen atoms in total. The topological polar surface area (TPSA) is 56.5 Å². The van der Waals surface area contributed by atoms with E-state index in [1.54, 1.807) is 13.3 Å². The fourth-order valence-electron chi connectivity index (χ4n) is 3.67. The third kappa shape index (κ3) is 2.81. The van der Waals surface area contributed by atoms with Crippen LogP contribution in [0.3, 0.4) is 0 Å². The second-order valence-corrected chi connectivity index (χ2v) is 7.99. The van der Waals surface area contributed by atoms with Crippen LogP contribution in [0.25, 0.3) is 16.8 Å². The van der Waals surface area contributed by atoms with E-state index in [2.05, 4.69) is 18.8 Å². The van der Waals surface area contributed by atoms with Gasteiger partial charge in [0.2, 0.25) is 0 Å². The van der Waals surface area contributed by atoms with Crippen LogP contribution in [0.15, 0.2) is 30.5 Å². The van der Waals surface area contributed by atoms with E-state index in [1.807, 2.05) is 28.8 Å². The Kier molecular flexibility index (Phi) is 4.09. The van der Waals surface area contributed by atoms with Crippen LogP contribution in [-0.4, -0.2) is 27.5 Å². The minimum Gasteiger partial charge on any atom is -0.378 e. The minimum absolute atomic E-state index is 0.0911. The van der Waals surface area contributed by atoms with E-state index in [4.69, 9.17) is 21.4 Å². The van der Waals surface area contributed by atoms with Crippen molar-refractivity contribution < 1.29 is 9.53 Å². The lowest BCUT2D eigenvalue weighted by Gasteiger charge is -2.29. The number of halogens is 1. The fraction of sp³-hybridized carbons (Fsp3) is 0.350. The van der Waals surface area contributed by atoms with Crippen LogP contribution in [0.4, 0.5) is 0 Å². The van der Waals surface area contributed by atoms with E-state index in [0.29, 0.717) is 23.6 Å². The third-order valence-corrected chi connectivity index (χ3v) is 5.07. The van der Waals surface area contributed by atoms with Gasteiger partial charge in [-0.3, -0.25) is 4.79 Å². The molecule has 0 N–H and O–H groups in total. The lowest BCUT2D eigenvalue weighted by molar-refractivity contribution is 0.0908. The van der Waals surface area contributed by atoms with E-state index in [0.717, 1.165) is 34.6 Å². The first-order chi connectivity index (χ1) is 12.4. The molecule has 0 spiro atoms. The molecule has 0 radical (unpaired) electrons. The summed E-state index contributed by atoms with van der Waals surface area (Å²) in [6.45, 7) is 4.59. The first kappa shape index (κ1) is 17.2. The van der Waals surface area contributed by atoms with Gasteiger partial charge in [-0.1, -0.05) is 37.6 Å². The Morgan fingerprint density at radius 3 is 2.65 bits per heavy atom. The molecule has 2 heterocycles.